The van der Waals surface area contributed by atoms with Crippen molar-refractivity contribution in [2.75, 3.05) is 13.1 Å². The van der Waals surface area contributed by atoms with Crippen LogP contribution in [-0.4, -0.2) is 39.5 Å². The molecule has 0 aliphatic carbocycles. The van der Waals surface area contributed by atoms with Crippen LogP contribution in [0.5, 0.6) is 0 Å². The number of hydrogen-bond acceptors (Lipinski definition) is 3. The van der Waals surface area contributed by atoms with Crippen LogP contribution in [0.25, 0.3) is 0 Å². The Morgan fingerprint density at radius 2 is 2.04 bits per heavy atom. The van der Waals surface area contributed by atoms with Gasteiger partial charge in [-0.2, -0.15) is 0 Å². The minimum absolute atomic E-state index is 0.0804. The number of halogens is 1. The van der Waals surface area contributed by atoms with Gasteiger partial charge in [0.15, 0.2) is 0 Å². The van der Waals surface area contributed by atoms with E-state index < -0.39 is 0 Å². The van der Waals surface area contributed by atoms with Crippen LogP contribution < -0.4 is 5.32 Å². The lowest BCUT2D eigenvalue weighted by molar-refractivity contribution is -0.126. The molecule has 2 heterocycles. The molecule has 1 aliphatic rings. The topological polar surface area (TPSA) is 50.2 Å². The quantitative estimate of drug-likeness (QED) is 0.853. The second-order valence-corrected chi connectivity index (χ2v) is 7.16. The Bertz CT molecular complexity index is 700. The van der Waals surface area contributed by atoms with Gasteiger partial charge in [0.25, 0.3) is 0 Å². The summed E-state index contributed by atoms with van der Waals surface area (Å²) in [6.45, 7) is 7.17. The number of carbonyl (C=O) groups is 1. The number of fused-ring (bicyclic) bond motifs is 1. The molecule has 24 heavy (non-hydrogen) atoms. The van der Waals surface area contributed by atoms with Crippen molar-refractivity contribution in [1.82, 2.24) is 19.8 Å². The van der Waals surface area contributed by atoms with Gasteiger partial charge < -0.3 is 9.88 Å². The van der Waals surface area contributed by atoms with Crippen LogP contribution >= 0.6 is 15.9 Å². The highest BCUT2D eigenvalue weighted by Gasteiger charge is 2.26. The Morgan fingerprint density at radius 3 is 2.79 bits per heavy atom. The van der Waals surface area contributed by atoms with E-state index in [4.69, 9.17) is 0 Å². The van der Waals surface area contributed by atoms with Crippen LogP contribution in [0.1, 0.15) is 31.2 Å². The third-order valence-corrected chi connectivity index (χ3v) is 5.36. The predicted molar refractivity (Wildman–Crippen MR) is 97.7 cm³/mol. The second kappa shape index (κ2) is 7.49. The van der Waals surface area contributed by atoms with Crippen molar-refractivity contribution in [3.63, 3.8) is 0 Å². The van der Waals surface area contributed by atoms with Crippen LogP contribution in [0.3, 0.4) is 0 Å². The minimum atomic E-state index is -0.155. The van der Waals surface area contributed by atoms with E-state index >= 15 is 0 Å². The Labute approximate surface area is 151 Å². The average molecular weight is 391 g/mol. The summed E-state index contributed by atoms with van der Waals surface area (Å²) in [5.74, 6) is 1.39. The first-order valence-corrected chi connectivity index (χ1v) is 9.12. The lowest BCUT2D eigenvalue weighted by atomic mass is 10.0. The summed E-state index contributed by atoms with van der Waals surface area (Å²) in [6.07, 6.45) is 1.82. The van der Waals surface area contributed by atoms with Gasteiger partial charge in [-0.1, -0.05) is 37.3 Å². The molecule has 128 valence electrons. The largest absolute Gasteiger partial charge is 0.354 e. The predicted octanol–water partition coefficient (Wildman–Crippen LogP) is 2.77. The first kappa shape index (κ1) is 17.2. The molecule has 5 nitrogen and oxygen atoms in total. The van der Waals surface area contributed by atoms with Gasteiger partial charge in [0.05, 0.1) is 18.8 Å². The number of nitrogens with one attached hydrogen (secondary N) is 1. The monoisotopic (exact) mass is 390 g/mol. The highest BCUT2D eigenvalue weighted by Crippen LogP contribution is 2.20. The summed E-state index contributed by atoms with van der Waals surface area (Å²) in [5, 5.41) is 3.09. The number of nitrogens with zero attached hydrogens (tertiary/aromatic N) is 3. The standard InChI is InChI=1S/C18H23BrN4O/c1-13(15-6-4-3-5-7-15)10-21-18(24)14(2)22-8-9-23-16(19)11-20-17(23)12-22/h3-7,11,13-14H,8-10,12H2,1-2H3,(H,21,24). The van der Waals surface area contributed by atoms with Gasteiger partial charge in [0, 0.05) is 19.6 Å². The zero-order chi connectivity index (χ0) is 17.1. The summed E-state index contributed by atoms with van der Waals surface area (Å²) >= 11 is 3.50. The van der Waals surface area contributed by atoms with E-state index in [0.29, 0.717) is 19.0 Å². The molecule has 0 fully saturated rings. The molecule has 6 heteroatoms. The number of benzene rings is 1. The molecule has 0 saturated heterocycles. The molecule has 0 radical (unpaired) electrons. The lowest BCUT2D eigenvalue weighted by Gasteiger charge is -2.32. The zero-order valence-corrected chi connectivity index (χ0v) is 15.7. The first-order chi connectivity index (χ1) is 11.6. The van der Waals surface area contributed by atoms with Gasteiger partial charge in [0.1, 0.15) is 10.4 Å². The van der Waals surface area contributed by atoms with Crippen molar-refractivity contribution in [3.8, 4) is 0 Å². The van der Waals surface area contributed by atoms with Crippen LogP contribution in [0.4, 0.5) is 0 Å². The molecule has 3 rings (SSSR count). The molecular weight excluding hydrogens is 368 g/mol. The van der Waals surface area contributed by atoms with Gasteiger partial charge >= 0.3 is 0 Å². The van der Waals surface area contributed by atoms with E-state index in [0.717, 1.165) is 23.5 Å². The SMILES string of the molecule is CC(CNC(=O)C(C)N1CCn2c(Br)cnc2C1)c1ccccc1. The molecule has 2 unspecified atom stereocenters. The molecule has 1 amide bonds. The second-order valence-electron chi connectivity index (χ2n) is 6.35. The highest BCUT2D eigenvalue weighted by atomic mass is 79.9. The van der Waals surface area contributed by atoms with Crippen molar-refractivity contribution in [2.24, 2.45) is 0 Å². The van der Waals surface area contributed by atoms with Crippen molar-refractivity contribution < 1.29 is 4.79 Å². The molecule has 0 bridgehead atoms. The Kier molecular flexibility index (Phi) is 5.36. The maximum Gasteiger partial charge on any atom is 0.237 e. The Morgan fingerprint density at radius 1 is 1.29 bits per heavy atom. The molecule has 2 aromatic rings. The lowest BCUT2D eigenvalue weighted by Crippen LogP contribution is -2.48. The van der Waals surface area contributed by atoms with Gasteiger partial charge in [0.2, 0.25) is 5.91 Å². The van der Waals surface area contributed by atoms with Gasteiger partial charge in [-0.05, 0) is 34.3 Å². The third kappa shape index (κ3) is 3.70. The van der Waals surface area contributed by atoms with Crippen LogP contribution in [-0.2, 0) is 17.9 Å². The smallest absolute Gasteiger partial charge is 0.237 e. The van der Waals surface area contributed by atoms with Crippen molar-refractivity contribution in [3.05, 3.63) is 52.5 Å². The summed E-state index contributed by atoms with van der Waals surface area (Å²) in [6, 6.07) is 10.1. The van der Waals surface area contributed by atoms with Crippen LogP contribution in [0, 0.1) is 0 Å². The maximum absolute atomic E-state index is 12.5. The van der Waals surface area contributed by atoms with Crippen molar-refractivity contribution in [2.45, 2.75) is 38.9 Å². The molecule has 1 N–H and O–H groups in total. The van der Waals surface area contributed by atoms with E-state index in [2.05, 4.69) is 54.8 Å². The molecular formula is C18H23BrN4O. The summed E-state index contributed by atoms with van der Waals surface area (Å²) in [5.41, 5.74) is 1.25. The van der Waals surface area contributed by atoms with Gasteiger partial charge in [-0.25, -0.2) is 4.98 Å². The highest BCUT2D eigenvalue weighted by molar-refractivity contribution is 9.10. The van der Waals surface area contributed by atoms with E-state index in [1.807, 2.05) is 31.3 Å². The van der Waals surface area contributed by atoms with Crippen molar-refractivity contribution >= 4 is 21.8 Å². The van der Waals surface area contributed by atoms with E-state index in [1.54, 1.807) is 0 Å². The van der Waals surface area contributed by atoms with Crippen LogP contribution in [0.2, 0.25) is 0 Å². The molecule has 1 aliphatic heterocycles. The first-order valence-electron chi connectivity index (χ1n) is 8.33. The number of aromatic nitrogens is 2. The Balaban J connectivity index is 1.54. The van der Waals surface area contributed by atoms with E-state index in [-0.39, 0.29) is 11.9 Å². The van der Waals surface area contributed by atoms with Gasteiger partial charge in [-0.15, -0.1) is 0 Å². The van der Waals surface area contributed by atoms with Crippen molar-refractivity contribution in [1.29, 1.82) is 0 Å². The number of rotatable bonds is 5. The minimum Gasteiger partial charge on any atom is -0.354 e. The average Bonchev–Trinajstić information content (AvgIpc) is 3.00. The molecule has 1 aromatic carbocycles. The third-order valence-electron chi connectivity index (χ3n) is 4.72. The normalized spacial score (nSPS) is 17.1. The summed E-state index contributed by atoms with van der Waals surface area (Å²) in [7, 11) is 0. The molecule has 1 aromatic heterocycles. The fraction of sp³-hybridized carbons (Fsp3) is 0.444. The summed E-state index contributed by atoms with van der Waals surface area (Å²) in [4.78, 5) is 19.1. The summed E-state index contributed by atoms with van der Waals surface area (Å²) < 4.78 is 3.16. The fourth-order valence-corrected chi connectivity index (χ4v) is 3.52. The maximum atomic E-state index is 12.5. The zero-order valence-electron chi connectivity index (χ0n) is 14.1. The fourth-order valence-electron chi connectivity index (χ4n) is 3.04. The van der Waals surface area contributed by atoms with Gasteiger partial charge in [-0.3, -0.25) is 9.69 Å². The van der Waals surface area contributed by atoms with E-state index in [9.17, 15) is 4.79 Å². The Hall–Kier alpha value is -1.66. The molecule has 0 saturated carbocycles. The number of imidazole rings is 1. The molecule has 2 atom stereocenters. The number of amides is 1. The number of carbonyl (C=O) groups excluding carboxylic acids is 1. The number of hydrogen-bond donors (Lipinski definition) is 1. The van der Waals surface area contributed by atoms with Crippen LogP contribution in [0.15, 0.2) is 41.1 Å². The van der Waals surface area contributed by atoms with E-state index in [1.165, 1.54) is 5.56 Å². The molecule has 0 spiro atoms.